The molecule has 9 heteroatoms. The first-order valence-corrected chi connectivity index (χ1v) is 14.1. The molecule has 2 aliphatic carbocycles. The van der Waals surface area contributed by atoms with Crippen LogP contribution in [-0.2, 0) is 27.2 Å². The van der Waals surface area contributed by atoms with Crippen molar-refractivity contribution in [1.82, 2.24) is 5.32 Å². The Balaban J connectivity index is 1.52. The highest BCUT2D eigenvalue weighted by molar-refractivity contribution is 6.05. The topological polar surface area (TPSA) is 138 Å². The van der Waals surface area contributed by atoms with Crippen LogP contribution in [0.3, 0.4) is 0 Å². The Hall–Kier alpha value is -3.40. The maximum Gasteiger partial charge on any atom is 0.342 e. The fraction of sp³-hybridized carbons (Fsp3) is 0.484. The van der Waals surface area contributed by atoms with E-state index in [2.05, 4.69) is 5.32 Å². The van der Waals surface area contributed by atoms with Crippen LogP contribution in [-0.4, -0.2) is 47.0 Å². The number of esters is 1. The van der Waals surface area contributed by atoms with Crippen molar-refractivity contribution in [2.75, 3.05) is 19.8 Å². The van der Waals surface area contributed by atoms with Gasteiger partial charge in [0.25, 0.3) is 0 Å². The Morgan fingerprint density at radius 3 is 2.35 bits per heavy atom. The molecule has 2 aliphatic rings. The molecule has 0 unspecified atom stereocenters. The number of hydrogen-bond acceptors (Lipinski definition) is 8. The minimum atomic E-state index is -1.22. The lowest BCUT2D eigenvalue weighted by Crippen LogP contribution is -2.28. The summed E-state index contributed by atoms with van der Waals surface area (Å²) in [4.78, 5) is 25.3. The maximum absolute atomic E-state index is 13.1. The normalized spacial score (nSPS) is 17.7. The van der Waals surface area contributed by atoms with Crippen molar-refractivity contribution < 1.29 is 38.8 Å². The van der Waals surface area contributed by atoms with E-state index in [4.69, 9.17) is 19.0 Å². The molecule has 5 rings (SSSR count). The Morgan fingerprint density at radius 1 is 0.975 bits per heavy atom. The molecule has 4 N–H and O–H groups in total. The highest BCUT2D eigenvalue weighted by atomic mass is 16.5. The Bertz CT molecular complexity index is 1380. The van der Waals surface area contributed by atoms with Crippen LogP contribution in [0.2, 0.25) is 0 Å². The van der Waals surface area contributed by atoms with Crippen molar-refractivity contribution in [3.05, 3.63) is 58.8 Å². The van der Waals surface area contributed by atoms with Gasteiger partial charge in [0.2, 0.25) is 5.91 Å². The Kier molecular flexibility index (Phi) is 8.16. The molecule has 1 heterocycles. The van der Waals surface area contributed by atoms with Crippen LogP contribution in [0, 0.1) is 0 Å². The smallest absolute Gasteiger partial charge is 0.342 e. The van der Waals surface area contributed by atoms with Gasteiger partial charge in [-0.25, -0.2) is 4.79 Å². The van der Waals surface area contributed by atoms with Gasteiger partial charge in [-0.3, -0.25) is 4.79 Å². The molecule has 214 valence electrons. The number of aliphatic hydroxyl groups excluding tert-OH is 1. The van der Waals surface area contributed by atoms with Gasteiger partial charge in [-0.15, -0.1) is 0 Å². The number of hydrogen-bond donors (Lipinski definition) is 4. The SMILES string of the molecule is CCOC(=O)c1c(C2(O)CCCC2)oc2ccc(Oc3ccc(CC(=O)NCCO)cc3C3(O)CCCC3)cc12. The zero-order valence-corrected chi connectivity index (χ0v) is 22.8. The van der Waals surface area contributed by atoms with Crippen LogP contribution in [0.4, 0.5) is 0 Å². The zero-order valence-electron chi connectivity index (χ0n) is 22.8. The van der Waals surface area contributed by atoms with E-state index in [0.717, 1.165) is 31.2 Å². The van der Waals surface area contributed by atoms with Crippen LogP contribution >= 0.6 is 0 Å². The maximum atomic E-state index is 13.1. The average Bonchev–Trinajstić information content (AvgIpc) is 3.67. The van der Waals surface area contributed by atoms with Crippen LogP contribution in [0.1, 0.15) is 85.5 Å². The molecule has 1 amide bonds. The summed E-state index contributed by atoms with van der Waals surface area (Å²) in [5.74, 6) is 0.349. The molecule has 0 radical (unpaired) electrons. The summed E-state index contributed by atoms with van der Waals surface area (Å²) in [6, 6.07) is 10.5. The standard InChI is InChI=1S/C31H37NO8/c1-2-38-29(35)27-22-19-21(8-10-24(22)40-28(27)31(37)13-5-6-14-31)39-25-9-7-20(18-26(34)32-15-16-33)17-23(25)30(36)11-3-4-12-30/h7-10,17,19,33,36-37H,2-6,11-16,18H2,1H3,(H,32,34). The van der Waals surface area contributed by atoms with Crippen molar-refractivity contribution in [1.29, 1.82) is 0 Å². The average molecular weight is 552 g/mol. The fourth-order valence-electron chi connectivity index (χ4n) is 6.00. The van der Waals surface area contributed by atoms with E-state index in [1.807, 2.05) is 6.07 Å². The first-order chi connectivity index (χ1) is 19.3. The van der Waals surface area contributed by atoms with Crippen molar-refractivity contribution in [2.45, 2.75) is 75.9 Å². The van der Waals surface area contributed by atoms with Gasteiger partial charge < -0.3 is 34.5 Å². The number of ether oxygens (including phenoxy) is 2. The van der Waals surface area contributed by atoms with Gasteiger partial charge in [0.1, 0.15) is 28.2 Å². The molecular formula is C31H37NO8. The second-order valence-electron chi connectivity index (χ2n) is 10.8. The molecule has 0 spiro atoms. The number of carbonyl (C=O) groups excluding carboxylic acids is 2. The zero-order chi connectivity index (χ0) is 28.3. The van der Waals surface area contributed by atoms with E-state index < -0.39 is 17.2 Å². The minimum absolute atomic E-state index is 0.110. The third kappa shape index (κ3) is 5.59. The van der Waals surface area contributed by atoms with Crippen LogP contribution in [0.5, 0.6) is 11.5 Å². The molecule has 40 heavy (non-hydrogen) atoms. The number of carbonyl (C=O) groups is 2. The summed E-state index contributed by atoms with van der Waals surface area (Å²) in [6.45, 7) is 1.96. The largest absolute Gasteiger partial charge is 0.462 e. The Labute approximate surface area is 233 Å². The number of furan rings is 1. The number of amides is 1. The molecule has 2 aromatic carbocycles. The molecule has 0 saturated heterocycles. The molecule has 9 nitrogen and oxygen atoms in total. The molecule has 1 aromatic heterocycles. The second-order valence-corrected chi connectivity index (χ2v) is 10.8. The number of fused-ring (bicyclic) bond motifs is 1. The third-order valence-electron chi connectivity index (χ3n) is 7.99. The lowest BCUT2D eigenvalue weighted by molar-refractivity contribution is -0.120. The van der Waals surface area contributed by atoms with Crippen LogP contribution < -0.4 is 10.1 Å². The summed E-state index contributed by atoms with van der Waals surface area (Å²) in [6.07, 6.45) is 5.74. The monoisotopic (exact) mass is 551 g/mol. The van der Waals surface area contributed by atoms with E-state index in [-0.39, 0.29) is 43.4 Å². The predicted molar refractivity (Wildman–Crippen MR) is 147 cm³/mol. The number of nitrogens with one attached hydrogen (secondary N) is 1. The van der Waals surface area contributed by atoms with Gasteiger partial charge in [0.05, 0.1) is 25.2 Å². The van der Waals surface area contributed by atoms with Gasteiger partial charge in [-0.1, -0.05) is 18.9 Å². The van der Waals surface area contributed by atoms with Crippen molar-refractivity contribution >= 4 is 22.8 Å². The molecule has 2 saturated carbocycles. The minimum Gasteiger partial charge on any atom is -0.462 e. The number of aliphatic hydroxyl groups is 3. The van der Waals surface area contributed by atoms with Gasteiger partial charge in [0, 0.05) is 17.5 Å². The summed E-state index contributed by atoms with van der Waals surface area (Å²) in [7, 11) is 0. The van der Waals surface area contributed by atoms with Crippen molar-refractivity contribution in [3.8, 4) is 11.5 Å². The van der Waals surface area contributed by atoms with Gasteiger partial charge >= 0.3 is 5.97 Å². The molecule has 0 aliphatic heterocycles. The fourth-order valence-corrected chi connectivity index (χ4v) is 6.00. The van der Waals surface area contributed by atoms with E-state index in [1.165, 1.54) is 0 Å². The van der Waals surface area contributed by atoms with Crippen LogP contribution in [0.25, 0.3) is 11.0 Å². The molecule has 0 bridgehead atoms. The van der Waals surface area contributed by atoms with Crippen molar-refractivity contribution in [2.24, 2.45) is 0 Å². The highest BCUT2D eigenvalue weighted by Gasteiger charge is 2.41. The Morgan fingerprint density at radius 2 is 1.68 bits per heavy atom. The number of rotatable bonds is 10. The van der Waals surface area contributed by atoms with E-state index in [0.29, 0.717) is 53.7 Å². The van der Waals surface area contributed by atoms with Crippen molar-refractivity contribution in [3.63, 3.8) is 0 Å². The van der Waals surface area contributed by atoms with E-state index >= 15 is 0 Å². The third-order valence-corrected chi connectivity index (χ3v) is 7.99. The quantitative estimate of drug-likeness (QED) is 0.269. The molecule has 3 aromatic rings. The van der Waals surface area contributed by atoms with Crippen LogP contribution in [0.15, 0.2) is 40.8 Å². The lowest BCUT2D eigenvalue weighted by Gasteiger charge is -2.26. The molecular weight excluding hydrogens is 514 g/mol. The first kappa shape index (κ1) is 28.1. The highest BCUT2D eigenvalue weighted by Crippen LogP contribution is 2.46. The molecule has 2 fully saturated rings. The predicted octanol–water partition coefficient (Wildman–Crippen LogP) is 4.58. The van der Waals surface area contributed by atoms with E-state index in [9.17, 15) is 19.8 Å². The lowest BCUT2D eigenvalue weighted by atomic mass is 9.89. The summed E-state index contributed by atoms with van der Waals surface area (Å²) in [5, 5.41) is 34.9. The summed E-state index contributed by atoms with van der Waals surface area (Å²) >= 11 is 0. The molecule has 0 atom stereocenters. The van der Waals surface area contributed by atoms with E-state index in [1.54, 1.807) is 37.3 Å². The van der Waals surface area contributed by atoms with Gasteiger partial charge in [0.15, 0.2) is 5.76 Å². The number of benzene rings is 2. The summed E-state index contributed by atoms with van der Waals surface area (Å²) < 4.78 is 17.7. The van der Waals surface area contributed by atoms with Gasteiger partial charge in [-0.2, -0.15) is 0 Å². The second kappa shape index (κ2) is 11.6. The summed E-state index contributed by atoms with van der Waals surface area (Å²) in [5.41, 5.74) is -0.309. The first-order valence-electron chi connectivity index (χ1n) is 14.1. The van der Waals surface area contributed by atoms with Gasteiger partial charge in [-0.05, 0) is 81.3 Å².